The average Bonchev–Trinajstić information content (AvgIpc) is 2.89. The smallest absolute Gasteiger partial charge is 0.162 e. The molecule has 116 valence electrons. The number of halogens is 1. The number of hydrogen-bond acceptors (Lipinski definition) is 4. The van der Waals surface area contributed by atoms with Gasteiger partial charge in [0.15, 0.2) is 11.5 Å². The zero-order valence-electron chi connectivity index (χ0n) is 12.1. The lowest BCUT2D eigenvalue weighted by Gasteiger charge is -2.18. The predicted molar refractivity (Wildman–Crippen MR) is 84.9 cm³/mol. The van der Waals surface area contributed by atoms with Crippen LogP contribution in [0.4, 0.5) is 0 Å². The molecule has 3 rings (SSSR count). The number of benzene rings is 1. The van der Waals surface area contributed by atoms with Crippen LogP contribution in [0.3, 0.4) is 0 Å². The minimum Gasteiger partial charge on any atom is -0.490 e. The molecule has 2 N–H and O–H groups in total. The predicted octanol–water partition coefficient (Wildman–Crippen LogP) is 3.57. The monoisotopic (exact) mass is 355 g/mol. The van der Waals surface area contributed by atoms with Crippen molar-refractivity contribution in [3.63, 3.8) is 0 Å². The zero-order chi connectivity index (χ0) is 14.7. The van der Waals surface area contributed by atoms with E-state index in [0.717, 1.165) is 53.8 Å². The summed E-state index contributed by atoms with van der Waals surface area (Å²) in [6, 6.07) is 3.98. The Labute approximate surface area is 134 Å². The molecule has 1 aromatic rings. The molecule has 0 aromatic heterocycles. The van der Waals surface area contributed by atoms with Gasteiger partial charge in [-0.1, -0.05) is 15.9 Å². The van der Waals surface area contributed by atoms with Gasteiger partial charge in [0.25, 0.3) is 0 Å². The molecule has 0 saturated carbocycles. The molecule has 2 heterocycles. The maximum atomic E-state index is 6.36. The summed E-state index contributed by atoms with van der Waals surface area (Å²) < 4.78 is 18.1. The van der Waals surface area contributed by atoms with Gasteiger partial charge in [-0.05, 0) is 43.4 Å². The van der Waals surface area contributed by atoms with Gasteiger partial charge in [-0.2, -0.15) is 0 Å². The van der Waals surface area contributed by atoms with Crippen molar-refractivity contribution in [2.75, 3.05) is 19.8 Å². The summed E-state index contributed by atoms with van der Waals surface area (Å²) in [7, 11) is 0. The van der Waals surface area contributed by atoms with Gasteiger partial charge >= 0.3 is 0 Å². The van der Waals surface area contributed by atoms with Gasteiger partial charge in [-0.25, -0.2) is 0 Å². The maximum absolute atomic E-state index is 6.36. The van der Waals surface area contributed by atoms with Crippen molar-refractivity contribution in [1.29, 1.82) is 0 Å². The van der Waals surface area contributed by atoms with Crippen molar-refractivity contribution in [3.05, 3.63) is 22.2 Å². The van der Waals surface area contributed by atoms with Crippen molar-refractivity contribution in [3.8, 4) is 11.5 Å². The van der Waals surface area contributed by atoms with Crippen molar-refractivity contribution >= 4 is 15.9 Å². The molecule has 1 aromatic carbocycles. The Morgan fingerprint density at radius 2 is 1.90 bits per heavy atom. The van der Waals surface area contributed by atoms with E-state index >= 15 is 0 Å². The SMILES string of the molecule is NC(CCC1CCCO1)c1cc2c(cc1Br)OCCCO2. The van der Waals surface area contributed by atoms with E-state index in [1.807, 2.05) is 12.1 Å². The summed E-state index contributed by atoms with van der Waals surface area (Å²) in [5, 5.41) is 0. The van der Waals surface area contributed by atoms with Crippen molar-refractivity contribution in [2.24, 2.45) is 5.73 Å². The molecule has 2 unspecified atom stereocenters. The fourth-order valence-electron chi connectivity index (χ4n) is 2.88. The van der Waals surface area contributed by atoms with Crippen LogP contribution in [-0.4, -0.2) is 25.9 Å². The van der Waals surface area contributed by atoms with Crippen LogP contribution in [-0.2, 0) is 4.74 Å². The van der Waals surface area contributed by atoms with Crippen LogP contribution in [0.15, 0.2) is 16.6 Å². The maximum Gasteiger partial charge on any atom is 0.162 e. The lowest BCUT2D eigenvalue weighted by atomic mass is 9.99. The number of hydrogen-bond donors (Lipinski definition) is 1. The molecule has 1 saturated heterocycles. The molecular formula is C16H22BrNO3. The van der Waals surface area contributed by atoms with E-state index in [4.69, 9.17) is 19.9 Å². The number of nitrogens with two attached hydrogens (primary N) is 1. The molecule has 2 aliphatic heterocycles. The first-order chi connectivity index (χ1) is 10.2. The largest absolute Gasteiger partial charge is 0.490 e. The molecule has 0 aliphatic carbocycles. The van der Waals surface area contributed by atoms with Gasteiger partial charge < -0.3 is 19.9 Å². The first-order valence-corrected chi connectivity index (χ1v) is 8.49. The summed E-state index contributed by atoms with van der Waals surface area (Å²) in [4.78, 5) is 0. The quantitative estimate of drug-likeness (QED) is 0.896. The summed E-state index contributed by atoms with van der Waals surface area (Å²) in [6.45, 7) is 2.29. The van der Waals surface area contributed by atoms with Crippen LogP contribution >= 0.6 is 15.9 Å². The van der Waals surface area contributed by atoms with Gasteiger partial charge in [0.2, 0.25) is 0 Å². The van der Waals surface area contributed by atoms with Crippen LogP contribution in [0.25, 0.3) is 0 Å². The van der Waals surface area contributed by atoms with Gasteiger partial charge in [0.05, 0.1) is 19.3 Å². The second-order valence-electron chi connectivity index (χ2n) is 5.69. The molecule has 1 fully saturated rings. The standard InChI is InChI=1S/C16H22BrNO3/c17-13-10-16-15(20-7-2-8-21-16)9-12(13)14(18)5-4-11-3-1-6-19-11/h9-11,14H,1-8,18H2. The second kappa shape index (κ2) is 6.99. The van der Waals surface area contributed by atoms with E-state index in [2.05, 4.69) is 15.9 Å². The van der Waals surface area contributed by atoms with Gasteiger partial charge in [-0.3, -0.25) is 0 Å². The molecule has 0 amide bonds. The Balaban J connectivity index is 1.69. The molecule has 4 nitrogen and oxygen atoms in total. The molecule has 2 atom stereocenters. The minimum atomic E-state index is -0.0132. The van der Waals surface area contributed by atoms with Crippen molar-refractivity contribution in [2.45, 2.75) is 44.2 Å². The minimum absolute atomic E-state index is 0.0132. The molecule has 0 radical (unpaired) electrons. The molecule has 2 aliphatic rings. The van der Waals surface area contributed by atoms with E-state index in [9.17, 15) is 0 Å². The fourth-order valence-corrected chi connectivity index (χ4v) is 3.49. The highest BCUT2D eigenvalue weighted by Gasteiger charge is 2.20. The Morgan fingerprint density at radius 3 is 2.62 bits per heavy atom. The molecule has 0 bridgehead atoms. The summed E-state index contributed by atoms with van der Waals surface area (Å²) >= 11 is 3.61. The average molecular weight is 356 g/mol. The van der Waals surface area contributed by atoms with Crippen LogP contribution < -0.4 is 15.2 Å². The first-order valence-electron chi connectivity index (χ1n) is 7.70. The number of rotatable bonds is 4. The van der Waals surface area contributed by atoms with Crippen LogP contribution in [0.2, 0.25) is 0 Å². The van der Waals surface area contributed by atoms with Gasteiger partial charge in [0, 0.05) is 23.5 Å². The molecule has 21 heavy (non-hydrogen) atoms. The summed E-state index contributed by atoms with van der Waals surface area (Å²) in [6.07, 6.45) is 5.57. The highest BCUT2D eigenvalue weighted by Crippen LogP contribution is 2.38. The molecule has 5 heteroatoms. The Kier molecular flexibility index (Phi) is 5.03. The zero-order valence-corrected chi connectivity index (χ0v) is 13.7. The van der Waals surface area contributed by atoms with E-state index in [0.29, 0.717) is 19.3 Å². The third kappa shape index (κ3) is 3.71. The number of ether oxygens (including phenoxy) is 3. The second-order valence-corrected chi connectivity index (χ2v) is 6.54. The van der Waals surface area contributed by atoms with E-state index in [-0.39, 0.29) is 6.04 Å². The van der Waals surface area contributed by atoms with Gasteiger partial charge in [-0.15, -0.1) is 0 Å². The lowest BCUT2D eigenvalue weighted by Crippen LogP contribution is -2.15. The highest BCUT2D eigenvalue weighted by molar-refractivity contribution is 9.10. The Hall–Kier alpha value is -0.780. The third-order valence-electron chi connectivity index (χ3n) is 4.09. The summed E-state index contributed by atoms with van der Waals surface area (Å²) in [5.41, 5.74) is 7.44. The normalized spacial score (nSPS) is 22.9. The fraction of sp³-hybridized carbons (Fsp3) is 0.625. The van der Waals surface area contributed by atoms with Crippen LogP contribution in [0, 0.1) is 0 Å². The van der Waals surface area contributed by atoms with Crippen LogP contribution in [0.5, 0.6) is 11.5 Å². The molecule has 0 spiro atoms. The first kappa shape index (κ1) is 15.1. The Morgan fingerprint density at radius 1 is 1.14 bits per heavy atom. The van der Waals surface area contributed by atoms with Crippen LogP contribution in [0.1, 0.15) is 43.7 Å². The van der Waals surface area contributed by atoms with E-state index in [1.54, 1.807) is 0 Å². The Bertz CT molecular complexity index is 489. The van der Waals surface area contributed by atoms with Gasteiger partial charge in [0.1, 0.15) is 0 Å². The molecular weight excluding hydrogens is 334 g/mol. The highest BCUT2D eigenvalue weighted by atomic mass is 79.9. The summed E-state index contributed by atoms with van der Waals surface area (Å²) in [5.74, 6) is 1.60. The van der Waals surface area contributed by atoms with E-state index in [1.165, 1.54) is 6.42 Å². The topological polar surface area (TPSA) is 53.7 Å². The van der Waals surface area contributed by atoms with E-state index < -0.39 is 0 Å². The van der Waals surface area contributed by atoms with Crippen molar-refractivity contribution in [1.82, 2.24) is 0 Å². The van der Waals surface area contributed by atoms with Crippen molar-refractivity contribution < 1.29 is 14.2 Å². The third-order valence-corrected chi connectivity index (χ3v) is 4.78. The lowest BCUT2D eigenvalue weighted by molar-refractivity contribution is 0.101. The number of fused-ring (bicyclic) bond motifs is 1.